The molecule has 2 aromatic rings. The van der Waals surface area contributed by atoms with Gasteiger partial charge in [-0.05, 0) is 57.2 Å². The summed E-state index contributed by atoms with van der Waals surface area (Å²) in [6, 6.07) is 16.0. The molecule has 0 aliphatic heterocycles. The molecule has 2 rings (SSSR count). The second-order valence-electron chi connectivity index (χ2n) is 7.14. The van der Waals surface area contributed by atoms with Gasteiger partial charge in [-0.1, -0.05) is 18.2 Å². The van der Waals surface area contributed by atoms with E-state index in [0.29, 0.717) is 12.1 Å². The predicted molar refractivity (Wildman–Crippen MR) is 113 cm³/mol. The van der Waals surface area contributed by atoms with Crippen LogP contribution in [0.3, 0.4) is 0 Å². The van der Waals surface area contributed by atoms with Gasteiger partial charge in [-0.25, -0.2) is 8.42 Å². The number of anilines is 1. The number of rotatable bonds is 8. The van der Waals surface area contributed by atoms with Crippen LogP contribution in [0.4, 0.5) is 5.69 Å². The molecule has 1 atom stereocenters. The average molecular weight is 404 g/mol. The van der Waals surface area contributed by atoms with Crippen LogP contribution >= 0.6 is 0 Å². The second kappa shape index (κ2) is 9.21. The Morgan fingerprint density at radius 1 is 0.964 bits per heavy atom. The van der Waals surface area contributed by atoms with Gasteiger partial charge in [0.25, 0.3) is 5.91 Å². The third-order valence-corrected chi connectivity index (χ3v) is 6.95. The lowest BCUT2D eigenvalue weighted by molar-refractivity contribution is 0.0951. The molecule has 0 fully saturated rings. The molecule has 0 aromatic heterocycles. The van der Waals surface area contributed by atoms with E-state index in [4.69, 9.17) is 0 Å². The SMILES string of the molecule is CC(CNC(=O)c1ccc(S(=O)(=O)N(C)C(C)C)cc1)N(C)c1ccccc1. The maximum absolute atomic E-state index is 12.5. The molecular formula is C21H29N3O3S. The fraction of sp³-hybridized carbons (Fsp3) is 0.381. The Balaban J connectivity index is 2.00. The highest BCUT2D eigenvalue weighted by atomic mass is 32.2. The van der Waals surface area contributed by atoms with Crippen LogP contribution in [0.1, 0.15) is 31.1 Å². The van der Waals surface area contributed by atoms with Crippen molar-refractivity contribution in [1.29, 1.82) is 0 Å². The van der Waals surface area contributed by atoms with Crippen molar-refractivity contribution in [2.24, 2.45) is 0 Å². The molecular weight excluding hydrogens is 374 g/mol. The number of nitrogens with one attached hydrogen (secondary N) is 1. The van der Waals surface area contributed by atoms with Gasteiger partial charge in [0.1, 0.15) is 0 Å². The Morgan fingerprint density at radius 3 is 2.07 bits per heavy atom. The number of amides is 1. The molecule has 0 aliphatic rings. The number of hydrogen-bond acceptors (Lipinski definition) is 4. The van der Waals surface area contributed by atoms with Gasteiger partial charge in [0.05, 0.1) is 4.90 Å². The number of nitrogens with zero attached hydrogens (tertiary/aromatic N) is 2. The van der Waals surface area contributed by atoms with Crippen LogP contribution < -0.4 is 10.2 Å². The van der Waals surface area contributed by atoms with Gasteiger partial charge in [0, 0.05) is 44.0 Å². The molecule has 0 saturated carbocycles. The van der Waals surface area contributed by atoms with Crippen molar-refractivity contribution in [3.8, 4) is 0 Å². The summed E-state index contributed by atoms with van der Waals surface area (Å²) in [5.41, 5.74) is 1.51. The molecule has 1 N–H and O–H groups in total. The third kappa shape index (κ3) is 5.11. The molecule has 0 aliphatic carbocycles. The highest BCUT2D eigenvalue weighted by molar-refractivity contribution is 7.89. The van der Waals surface area contributed by atoms with Crippen LogP contribution in [0.5, 0.6) is 0 Å². The van der Waals surface area contributed by atoms with Gasteiger partial charge in [-0.3, -0.25) is 4.79 Å². The van der Waals surface area contributed by atoms with E-state index < -0.39 is 10.0 Å². The zero-order valence-corrected chi connectivity index (χ0v) is 17.9. The molecule has 7 heteroatoms. The fourth-order valence-electron chi connectivity index (χ4n) is 2.62. The van der Waals surface area contributed by atoms with Crippen molar-refractivity contribution in [3.05, 3.63) is 60.2 Å². The number of likely N-dealkylation sites (N-methyl/N-ethyl adjacent to an activating group) is 1. The van der Waals surface area contributed by atoms with Crippen molar-refractivity contribution < 1.29 is 13.2 Å². The summed E-state index contributed by atoms with van der Waals surface area (Å²) in [7, 11) is -0.0233. The van der Waals surface area contributed by atoms with Crippen LogP contribution in [-0.4, -0.2) is 51.4 Å². The van der Waals surface area contributed by atoms with Gasteiger partial charge in [-0.15, -0.1) is 0 Å². The normalized spacial score (nSPS) is 12.8. The number of carbonyl (C=O) groups is 1. The van der Waals surface area contributed by atoms with Crippen LogP contribution in [0.25, 0.3) is 0 Å². The molecule has 0 radical (unpaired) electrons. The Bertz CT molecular complexity index is 881. The van der Waals surface area contributed by atoms with Crippen molar-refractivity contribution in [3.63, 3.8) is 0 Å². The summed E-state index contributed by atoms with van der Waals surface area (Å²) in [6.07, 6.45) is 0. The Hall–Kier alpha value is -2.38. The molecule has 0 saturated heterocycles. The minimum Gasteiger partial charge on any atom is -0.370 e. The zero-order valence-electron chi connectivity index (χ0n) is 17.1. The van der Waals surface area contributed by atoms with E-state index in [1.807, 2.05) is 58.2 Å². The summed E-state index contributed by atoms with van der Waals surface area (Å²) >= 11 is 0. The lowest BCUT2D eigenvalue weighted by Gasteiger charge is -2.27. The highest BCUT2D eigenvalue weighted by Crippen LogP contribution is 2.17. The number of carbonyl (C=O) groups excluding carboxylic acids is 1. The van der Waals surface area contributed by atoms with E-state index in [0.717, 1.165) is 5.69 Å². The third-order valence-electron chi connectivity index (χ3n) is 4.90. The molecule has 1 amide bonds. The standard InChI is InChI=1S/C21H29N3O3S/c1-16(2)24(5)28(26,27)20-13-11-18(12-14-20)21(25)22-15-17(3)23(4)19-9-7-6-8-10-19/h6-14,16-17H,15H2,1-5H3,(H,22,25). The van der Waals surface area contributed by atoms with Gasteiger partial charge in [0.15, 0.2) is 0 Å². The van der Waals surface area contributed by atoms with Crippen molar-refractivity contribution in [1.82, 2.24) is 9.62 Å². The predicted octanol–water partition coefficient (Wildman–Crippen LogP) is 2.97. The van der Waals surface area contributed by atoms with Crippen molar-refractivity contribution in [2.45, 2.75) is 37.8 Å². The van der Waals surface area contributed by atoms with E-state index >= 15 is 0 Å². The topological polar surface area (TPSA) is 69.7 Å². The lowest BCUT2D eigenvalue weighted by atomic mass is 10.2. The van der Waals surface area contributed by atoms with E-state index in [9.17, 15) is 13.2 Å². The van der Waals surface area contributed by atoms with Crippen LogP contribution in [0, 0.1) is 0 Å². The molecule has 0 bridgehead atoms. The molecule has 6 nitrogen and oxygen atoms in total. The smallest absolute Gasteiger partial charge is 0.251 e. The summed E-state index contributed by atoms with van der Waals surface area (Å²) in [5, 5.41) is 2.91. The largest absolute Gasteiger partial charge is 0.370 e. The lowest BCUT2D eigenvalue weighted by Crippen LogP contribution is -2.40. The molecule has 0 heterocycles. The molecule has 2 aromatic carbocycles. The zero-order chi connectivity index (χ0) is 20.9. The molecule has 152 valence electrons. The quantitative estimate of drug-likeness (QED) is 0.736. The average Bonchev–Trinajstić information content (AvgIpc) is 2.71. The van der Waals surface area contributed by atoms with E-state index in [-0.39, 0.29) is 22.9 Å². The van der Waals surface area contributed by atoms with E-state index in [1.165, 1.54) is 16.4 Å². The minimum absolute atomic E-state index is 0.102. The Kier molecular flexibility index (Phi) is 7.21. The minimum atomic E-state index is -3.55. The number of sulfonamides is 1. The summed E-state index contributed by atoms with van der Waals surface area (Å²) in [4.78, 5) is 14.7. The summed E-state index contributed by atoms with van der Waals surface area (Å²) in [6.45, 7) is 6.13. The monoisotopic (exact) mass is 403 g/mol. The van der Waals surface area contributed by atoms with Gasteiger partial charge in [0.2, 0.25) is 10.0 Å². The number of benzene rings is 2. The van der Waals surface area contributed by atoms with E-state index in [2.05, 4.69) is 10.2 Å². The van der Waals surface area contributed by atoms with Crippen LogP contribution in [0.15, 0.2) is 59.5 Å². The maximum Gasteiger partial charge on any atom is 0.251 e. The van der Waals surface area contributed by atoms with Crippen LogP contribution in [0.2, 0.25) is 0 Å². The van der Waals surface area contributed by atoms with Crippen molar-refractivity contribution in [2.75, 3.05) is 25.5 Å². The first-order valence-electron chi connectivity index (χ1n) is 9.28. The number of hydrogen-bond donors (Lipinski definition) is 1. The molecule has 1 unspecified atom stereocenters. The van der Waals surface area contributed by atoms with Crippen LogP contribution in [-0.2, 0) is 10.0 Å². The molecule has 28 heavy (non-hydrogen) atoms. The van der Waals surface area contributed by atoms with Gasteiger partial charge in [-0.2, -0.15) is 4.31 Å². The summed E-state index contributed by atoms with van der Waals surface area (Å²) in [5.74, 6) is -0.227. The van der Waals surface area contributed by atoms with Gasteiger partial charge < -0.3 is 10.2 Å². The van der Waals surface area contributed by atoms with Crippen molar-refractivity contribution >= 4 is 21.6 Å². The maximum atomic E-state index is 12.5. The fourth-order valence-corrected chi connectivity index (χ4v) is 3.99. The Morgan fingerprint density at radius 2 is 1.54 bits per heavy atom. The van der Waals surface area contributed by atoms with Gasteiger partial charge >= 0.3 is 0 Å². The Labute approximate surface area is 168 Å². The van der Waals surface area contributed by atoms with E-state index in [1.54, 1.807) is 19.2 Å². The first-order valence-corrected chi connectivity index (χ1v) is 10.7. The highest BCUT2D eigenvalue weighted by Gasteiger charge is 2.23. The second-order valence-corrected chi connectivity index (χ2v) is 9.14. The summed E-state index contributed by atoms with van der Waals surface area (Å²) < 4.78 is 26.3. The first-order chi connectivity index (χ1) is 13.1. The molecule has 0 spiro atoms. The first kappa shape index (κ1) is 21.9. The number of para-hydroxylation sites is 1.